The second-order valence-corrected chi connectivity index (χ2v) is 7.01. The van der Waals surface area contributed by atoms with Crippen LogP contribution in [0.2, 0.25) is 10.0 Å². The number of ether oxygens (including phenoxy) is 1. The molecule has 0 saturated heterocycles. The fourth-order valence-corrected chi connectivity index (χ4v) is 3.09. The summed E-state index contributed by atoms with van der Waals surface area (Å²) in [6.07, 6.45) is 0. The normalized spacial score (nSPS) is 10.5. The highest BCUT2D eigenvalue weighted by Crippen LogP contribution is 2.28. The summed E-state index contributed by atoms with van der Waals surface area (Å²) >= 11 is 12.0. The number of anilines is 1. The van der Waals surface area contributed by atoms with E-state index in [9.17, 15) is 4.79 Å². The number of nitrogens with zero attached hydrogens (tertiary/aromatic N) is 1. The van der Waals surface area contributed by atoms with Gasteiger partial charge in [0.2, 0.25) is 0 Å². The average Bonchev–Trinajstić information content (AvgIpc) is 2.67. The second kappa shape index (κ2) is 8.94. The van der Waals surface area contributed by atoms with Gasteiger partial charge in [-0.2, -0.15) is 0 Å². The van der Waals surface area contributed by atoms with E-state index in [4.69, 9.17) is 27.9 Å². The Hall–Kier alpha value is -2.49. The molecular weight excluding hydrogens is 381 g/mol. The predicted octanol–water partition coefficient (Wildman–Crippen LogP) is 5.91. The average molecular weight is 400 g/mol. The van der Waals surface area contributed by atoms with Crippen LogP contribution >= 0.6 is 23.2 Å². The lowest BCUT2D eigenvalue weighted by Gasteiger charge is -2.23. The molecule has 0 aliphatic heterocycles. The molecule has 0 aliphatic rings. The molecule has 138 valence electrons. The Morgan fingerprint density at radius 2 is 1.67 bits per heavy atom. The lowest BCUT2D eigenvalue weighted by molar-refractivity contribution is -0.120. The third kappa shape index (κ3) is 5.25. The first-order valence-electron chi connectivity index (χ1n) is 8.52. The van der Waals surface area contributed by atoms with E-state index in [0.717, 1.165) is 16.8 Å². The number of benzene rings is 3. The Kier molecular flexibility index (Phi) is 6.38. The van der Waals surface area contributed by atoms with Gasteiger partial charge in [0.1, 0.15) is 5.75 Å². The van der Waals surface area contributed by atoms with Gasteiger partial charge in [-0.15, -0.1) is 0 Å². The maximum absolute atomic E-state index is 12.9. The summed E-state index contributed by atoms with van der Waals surface area (Å²) in [5.41, 5.74) is 2.99. The summed E-state index contributed by atoms with van der Waals surface area (Å²) in [4.78, 5) is 14.6. The molecule has 0 aromatic heterocycles. The highest BCUT2D eigenvalue weighted by Gasteiger charge is 2.17. The van der Waals surface area contributed by atoms with Crippen molar-refractivity contribution in [3.05, 3.63) is 94.0 Å². The van der Waals surface area contributed by atoms with Crippen LogP contribution in [0.3, 0.4) is 0 Å². The van der Waals surface area contributed by atoms with Gasteiger partial charge in [-0.25, -0.2) is 0 Å². The van der Waals surface area contributed by atoms with E-state index in [-0.39, 0.29) is 12.5 Å². The number of hydrogen-bond acceptors (Lipinski definition) is 2. The van der Waals surface area contributed by atoms with Crippen LogP contribution in [-0.4, -0.2) is 12.5 Å². The van der Waals surface area contributed by atoms with Gasteiger partial charge >= 0.3 is 0 Å². The molecule has 0 N–H and O–H groups in total. The SMILES string of the molecule is Cc1ccc(N(Cc2ccccc2)C(=O)COc2ccc(Cl)cc2Cl)cc1. The van der Waals surface area contributed by atoms with Crippen molar-refractivity contribution in [2.24, 2.45) is 0 Å². The Morgan fingerprint density at radius 3 is 2.33 bits per heavy atom. The summed E-state index contributed by atoms with van der Waals surface area (Å²) in [5, 5.41) is 0.893. The molecule has 0 radical (unpaired) electrons. The zero-order chi connectivity index (χ0) is 19.2. The molecular formula is C22H19Cl2NO2. The minimum absolute atomic E-state index is 0.123. The van der Waals surface area contributed by atoms with Crippen molar-refractivity contribution in [1.82, 2.24) is 0 Å². The largest absolute Gasteiger partial charge is 0.482 e. The fourth-order valence-electron chi connectivity index (χ4n) is 2.62. The number of carbonyl (C=O) groups excluding carboxylic acids is 1. The fraction of sp³-hybridized carbons (Fsp3) is 0.136. The Labute approximate surface area is 169 Å². The summed E-state index contributed by atoms with van der Waals surface area (Å²) in [6, 6.07) is 22.6. The standard InChI is InChI=1S/C22H19Cl2NO2/c1-16-7-10-19(11-8-16)25(14-17-5-3-2-4-6-17)22(26)15-27-21-12-9-18(23)13-20(21)24/h2-13H,14-15H2,1H3. The van der Waals surface area contributed by atoms with Crippen molar-refractivity contribution in [3.8, 4) is 5.75 Å². The van der Waals surface area contributed by atoms with E-state index >= 15 is 0 Å². The number of halogens is 2. The maximum Gasteiger partial charge on any atom is 0.265 e. The molecule has 0 bridgehead atoms. The lowest BCUT2D eigenvalue weighted by Crippen LogP contribution is -2.34. The van der Waals surface area contributed by atoms with E-state index in [0.29, 0.717) is 22.3 Å². The minimum Gasteiger partial charge on any atom is -0.482 e. The van der Waals surface area contributed by atoms with Gasteiger partial charge in [0.15, 0.2) is 6.61 Å². The van der Waals surface area contributed by atoms with E-state index in [1.165, 1.54) is 0 Å². The number of hydrogen-bond donors (Lipinski definition) is 0. The van der Waals surface area contributed by atoms with Crippen molar-refractivity contribution in [3.63, 3.8) is 0 Å². The predicted molar refractivity (Wildman–Crippen MR) is 111 cm³/mol. The zero-order valence-electron chi connectivity index (χ0n) is 14.9. The Balaban J connectivity index is 1.78. The summed E-state index contributed by atoms with van der Waals surface area (Å²) < 4.78 is 5.64. The highest BCUT2D eigenvalue weighted by molar-refractivity contribution is 6.35. The van der Waals surface area contributed by atoms with Crippen LogP contribution in [0.25, 0.3) is 0 Å². The number of rotatable bonds is 6. The molecule has 3 nitrogen and oxygen atoms in total. The van der Waals surface area contributed by atoms with Crippen molar-refractivity contribution in [2.45, 2.75) is 13.5 Å². The molecule has 0 aliphatic carbocycles. The molecule has 27 heavy (non-hydrogen) atoms. The second-order valence-electron chi connectivity index (χ2n) is 6.16. The molecule has 3 rings (SSSR count). The van der Waals surface area contributed by atoms with E-state index < -0.39 is 0 Å². The third-order valence-electron chi connectivity index (χ3n) is 4.08. The van der Waals surface area contributed by atoms with Gasteiger partial charge in [-0.3, -0.25) is 4.79 Å². The van der Waals surface area contributed by atoms with Gasteiger partial charge in [0.05, 0.1) is 11.6 Å². The van der Waals surface area contributed by atoms with Crippen LogP contribution in [0.5, 0.6) is 5.75 Å². The molecule has 0 heterocycles. The van der Waals surface area contributed by atoms with Crippen LogP contribution in [-0.2, 0) is 11.3 Å². The summed E-state index contributed by atoms with van der Waals surface area (Å²) in [5.74, 6) is 0.270. The van der Waals surface area contributed by atoms with E-state index in [2.05, 4.69) is 0 Å². The molecule has 0 fully saturated rings. The first kappa shape index (κ1) is 19.3. The van der Waals surface area contributed by atoms with Gasteiger partial charge in [-0.05, 0) is 42.8 Å². The quantitative estimate of drug-likeness (QED) is 0.515. The molecule has 0 unspecified atom stereocenters. The Morgan fingerprint density at radius 1 is 0.963 bits per heavy atom. The lowest BCUT2D eigenvalue weighted by atomic mass is 10.1. The van der Waals surface area contributed by atoms with Crippen LogP contribution in [0, 0.1) is 6.92 Å². The molecule has 0 atom stereocenters. The monoisotopic (exact) mass is 399 g/mol. The third-order valence-corrected chi connectivity index (χ3v) is 4.61. The first-order chi connectivity index (χ1) is 13.0. The molecule has 3 aromatic rings. The molecule has 1 amide bonds. The van der Waals surface area contributed by atoms with Gasteiger partial charge in [-0.1, -0.05) is 71.2 Å². The number of amides is 1. The van der Waals surface area contributed by atoms with E-state index in [1.54, 1.807) is 23.1 Å². The van der Waals surface area contributed by atoms with Crippen LogP contribution in [0.15, 0.2) is 72.8 Å². The van der Waals surface area contributed by atoms with Crippen LogP contribution in [0.1, 0.15) is 11.1 Å². The van der Waals surface area contributed by atoms with E-state index in [1.807, 2.05) is 61.5 Å². The van der Waals surface area contributed by atoms with Gasteiger partial charge < -0.3 is 9.64 Å². The summed E-state index contributed by atoms with van der Waals surface area (Å²) in [6.45, 7) is 2.35. The smallest absolute Gasteiger partial charge is 0.265 e. The van der Waals surface area contributed by atoms with Gasteiger partial charge in [0.25, 0.3) is 5.91 Å². The van der Waals surface area contributed by atoms with Gasteiger partial charge in [0, 0.05) is 10.7 Å². The number of aryl methyl sites for hydroxylation is 1. The first-order valence-corrected chi connectivity index (χ1v) is 9.27. The van der Waals surface area contributed by atoms with Crippen molar-refractivity contribution >= 4 is 34.8 Å². The summed E-state index contributed by atoms with van der Waals surface area (Å²) in [7, 11) is 0. The zero-order valence-corrected chi connectivity index (χ0v) is 16.4. The highest BCUT2D eigenvalue weighted by atomic mass is 35.5. The van der Waals surface area contributed by atoms with Crippen molar-refractivity contribution in [2.75, 3.05) is 11.5 Å². The maximum atomic E-state index is 12.9. The minimum atomic E-state index is -0.159. The molecule has 5 heteroatoms. The Bertz CT molecular complexity index is 911. The van der Waals surface area contributed by atoms with Crippen LogP contribution < -0.4 is 9.64 Å². The van der Waals surface area contributed by atoms with Crippen molar-refractivity contribution in [1.29, 1.82) is 0 Å². The molecule has 3 aromatic carbocycles. The number of carbonyl (C=O) groups is 1. The molecule has 0 saturated carbocycles. The topological polar surface area (TPSA) is 29.5 Å². The van der Waals surface area contributed by atoms with Crippen molar-refractivity contribution < 1.29 is 9.53 Å². The van der Waals surface area contributed by atoms with Crippen LogP contribution in [0.4, 0.5) is 5.69 Å². The molecule has 0 spiro atoms.